The van der Waals surface area contributed by atoms with Gasteiger partial charge in [-0.25, -0.2) is 9.97 Å². The van der Waals surface area contributed by atoms with Crippen LogP contribution in [0.25, 0.3) is 10.9 Å². The van der Waals surface area contributed by atoms with Crippen molar-refractivity contribution < 1.29 is 4.79 Å². The number of piperidine rings is 1. The van der Waals surface area contributed by atoms with Crippen LogP contribution in [0.2, 0.25) is 0 Å². The summed E-state index contributed by atoms with van der Waals surface area (Å²) in [6, 6.07) is 4.15. The molecule has 1 saturated heterocycles. The zero-order chi connectivity index (χ0) is 18.9. The van der Waals surface area contributed by atoms with E-state index in [-0.39, 0.29) is 0 Å². The number of rotatable bonds is 3. The summed E-state index contributed by atoms with van der Waals surface area (Å²) in [4.78, 5) is 31.6. The molecular formula is C21H23N5OS. The van der Waals surface area contributed by atoms with Crippen LogP contribution >= 0.6 is 11.3 Å². The zero-order valence-electron chi connectivity index (χ0n) is 15.8. The van der Waals surface area contributed by atoms with Crippen LogP contribution in [0.3, 0.4) is 0 Å². The Hall–Kier alpha value is -2.54. The van der Waals surface area contributed by atoms with Crippen molar-refractivity contribution >= 4 is 34.0 Å². The van der Waals surface area contributed by atoms with Gasteiger partial charge >= 0.3 is 0 Å². The summed E-state index contributed by atoms with van der Waals surface area (Å²) in [6.45, 7) is 3.52. The first kappa shape index (κ1) is 17.6. The van der Waals surface area contributed by atoms with Crippen LogP contribution in [0.4, 0.5) is 5.82 Å². The van der Waals surface area contributed by atoms with Crippen LogP contribution in [-0.4, -0.2) is 45.4 Å². The molecule has 3 aromatic heterocycles. The third kappa shape index (κ3) is 3.35. The van der Waals surface area contributed by atoms with Gasteiger partial charge in [0.25, 0.3) is 0 Å². The number of amides is 1. The maximum absolute atomic E-state index is 12.8. The molecule has 5 heterocycles. The number of nitrogens with zero attached hydrogens (tertiary/aromatic N) is 5. The number of anilines is 1. The van der Waals surface area contributed by atoms with E-state index >= 15 is 0 Å². The van der Waals surface area contributed by atoms with E-state index in [9.17, 15) is 4.79 Å². The maximum Gasteiger partial charge on any atom is 0.223 e. The van der Waals surface area contributed by atoms with Crippen LogP contribution in [-0.2, 0) is 17.8 Å². The van der Waals surface area contributed by atoms with Gasteiger partial charge in [0.1, 0.15) is 12.1 Å². The fourth-order valence-electron chi connectivity index (χ4n) is 4.33. The predicted octanol–water partition coefficient (Wildman–Crippen LogP) is 3.28. The van der Waals surface area contributed by atoms with E-state index in [1.807, 2.05) is 22.3 Å². The molecule has 0 spiro atoms. The molecular weight excluding hydrogens is 370 g/mol. The Morgan fingerprint density at radius 1 is 1.18 bits per heavy atom. The number of hydrogen-bond acceptors (Lipinski definition) is 6. The van der Waals surface area contributed by atoms with Crippen molar-refractivity contribution in [3.63, 3.8) is 0 Å². The van der Waals surface area contributed by atoms with Gasteiger partial charge in [0.2, 0.25) is 5.91 Å². The molecule has 1 fully saturated rings. The molecule has 0 saturated carbocycles. The molecule has 0 bridgehead atoms. The van der Waals surface area contributed by atoms with Gasteiger partial charge in [-0.2, -0.15) is 0 Å². The first-order valence-corrected chi connectivity index (χ1v) is 10.8. The van der Waals surface area contributed by atoms with Crippen molar-refractivity contribution in [2.75, 3.05) is 24.5 Å². The summed E-state index contributed by atoms with van der Waals surface area (Å²) in [5.74, 6) is 1.76. The van der Waals surface area contributed by atoms with E-state index in [1.165, 1.54) is 10.4 Å². The van der Waals surface area contributed by atoms with Gasteiger partial charge < -0.3 is 9.80 Å². The highest BCUT2D eigenvalue weighted by atomic mass is 32.1. The van der Waals surface area contributed by atoms with Crippen molar-refractivity contribution in [3.05, 3.63) is 46.7 Å². The molecule has 6 nitrogen and oxygen atoms in total. The summed E-state index contributed by atoms with van der Waals surface area (Å²) in [6.07, 6.45) is 8.92. The van der Waals surface area contributed by atoms with Gasteiger partial charge in [-0.1, -0.05) is 0 Å². The highest BCUT2D eigenvalue weighted by Gasteiger charge is 2.27. The van der Waals surface area contributed by atoms with E-state index < -0.39 is 0 Å². The molecule has 2 aliphatic rings. The minimum atomic E-state index is 0.314. The minimum absolute atomic E-state index is 0.314. The minimum Gasteiger partial charge on any atom is -0.356 e. The molecule has 144 valence electrons. The summed E-state index contributed by atoms with van der Waals surface area (Å²) < 4.78 is 0. The van der Waals surface area contributed by atoms with Crippen LogP contribution in [0.5, 0.6) is 0 Å². The Balaban J connectivity index is 1.20. The molecule has 28 heavy (non-hydrogen) atoms. The number of fused-ring (bicyclic) bond motifs is 2. The second kappa shape index (κ2) is 7.47. The van der Waals surface area contributed by atoms with Gasteiger partial charge in [-0.15, -0.1) is 11.3 Å². The fraction of sp³-hybridized carbons (Fsp3) is 0.429. The Kier molecular flexibility index (Phi) is 4.68. The van der Waals surface area contributed by atoms with Crippen molar-refractivity contribution in [3.8, 4) is 0 Å². The normalized spacial score (nSPS) is 17.7. The van der Waals surface area contributed by atoms with Gasteiger partial charge in [0.05, 0.1) is 11.7 Å². The van der Waals surface area contributed by atoms with Crippen molar-refractivity contribution in [2.45, 2.75) is 32.2 Å². The monoisotopic (exact) mass is 393 g/mol. The van der Waals surface area contributed by atoms with Crippen LogP contribution < -0.4 is 4.90 Å². The number of carbonyl (C=O) groups excluding carboxylic acids is 1. The van der Waals surface area contributed by atoms with Gasteiger partial charge in [0.15, 0.2) is 0 Å². The van der Waals surface area contributed by atoms with E-state index in [0.29, 0.717) is 18.2 Å². The van der Waals surface area contributed by atoms with E-state index in [1.54, 1.807) is 18.7 Å². The molecule has 5 rings (SSSR count). The van der Waals surface area contributed by atoms with Crippen LogP contribution in [0.1, 0.15) is 29.7 Å². The number of hydrogen-bond donors (Lipinski definition) is 0. The lowest BCUT2D eigenvalue weighted by molar-refractivity contribution is -0.133. The maximum atomic E-state index is 12.8. The molecule has 0 unspecified atom stereocenters. The Labute approximate surface area is 168 Å². The van der Waals surface area contributed by atoms with Crippen LogP contribution in [0, 0.1) is 5.92 Å². The second-order valence-electron chi connectivity index (χ2n) is 7.66. The smallest absolute Gasteiger partial charge is 0.223 e. The van der Waals surface area contributed by atoms with E-state index in [0.717, 1.165) is 62.2 Å². The molecule has 3 aromatic rings. The Morgan fingerprint density at radius 2 is 2.07 bits per heavy atom. The topological polar surface area (TPSA) is 62.2 Å². The molecule has 0 aliphatic carbocycles. The van der Waals surface area contributed by atoms with Gasteiger partial charge in [-0.05, 0) is 48.3 Å². The molecule has 7 heteroatoms. The van der Waals surface area contributed by atoms with Crippen molar-refractivity contribution in [1.82, 2.24) is 19.9 Å². The van der Waals surface area contributed by atoms with Crippen molar-refractivity contribution in [2.24, 2.45) is 5.92 Å². The van der Waals surface area contributed by atoms with E-state index in [4.69, 9.17) is 0 Å². The Bertz CT molecular complexity index is 990. The quantitative estimate of drug-likeness (QED) is 0.683. The number of pyridine rings is 1. The summed E-state index contributed by atoms with van der Waals surface area (Å²) >= 11 is 1.82. The van der Waals surface area contributed by atoms with E-state index in [2.05, 4.69) is 31.3 Å². The zero-order valence-corrected chi connectivity index (χ0v) is 16.6. The first-order valence-electron chi connectivity index (χ1n) is 9.90. The largest absolute Gasteiger partial charge is 0.356 e. The first-order chi connectivity index (χ1) is 13.8. The number of carbonyl (C=O) groups is 1. The molecule has 0 aromatic carbocycles. The van der Waals surface area contributed by atoms with Gasteiger partial charge in [-0.3, -0.25) is 9.78 Å². The summed E-state index contributed by atoms with van der Waals surface area (Å²) in [5.41, 5.74) is 2.22. The number of thiophene rings is 1. The molecule has 0 radical (unpaired) electrons. The van der Waals surface area contributed by atoms with Crippen molar-refractivity contribution in [1.29, 1.82) is 0 Å². The lowest BCUT2D eigenvalue weighted by atomic mass is 9.92. The summed E-state index contributed by atoms with van der Waals surface area (Å²) in [5, 5.41) is 3.19. The highest BCUT2D eigenvalue weighted by molar-refractivity contribution is 7.10. The average Bonchev–Trinajstić information content (AvgIpc) is 3.22. The van der Waals surface area contributed by atoms with Crippen LogP contribution in [0.15, 0.2) is 36.2 Å². The molecule has 1 amide bonds. The predicted molar refractivity (Wildman–Crippen MR) is 110 cm³/mol. The highest BCUT2D eigenvalue weighted by Crippen LogP contribution is 2.30. The summed E-state index contributed by atoms with van der Waals surface area (Å²) in [7, 11) is 0. The third-order valence-electron chi connectivity index (χ3n) is 5.96. The number of aromatic nitrogens is 3. The third-order valence-corrected chi connectivity index (χ3v) is 6.98. The molecule has 0 atom stereocenters. The van der Waals surface area contributed by atoms with Gasteiger partial charge in [0, 0.05) is 49.1 Å². The average molecular weight is 394 g/mol. The second-order valence-corrected chi connectivity index (χ2v) is 8.66. The SMILES string of the molecule is O=C(CC1CCN(c2ncnc3cnccc23)CC1)N1CCc2sccc2C1. The lowest BCUT2D eigenvalue weighted by Crippen LogP contribution is -2.39. The lowest BCUT2D eigenvalue weighted by Gasteiger charge is -2.34. The Morgan fingerprint density at radius 3 is 2.96 bits per heavy atom. The molecule has 0 N–H and O–H groups in total. The molecule has 2 aliphatic heterocycles. The standard InChI is InChI=1S/C21H23N5OS/c27-20(26-9-4-19-16(13-26)5-10-28-19)11-15-2-7-25(8-3-15)21-17-1-6-22-12-18(17)23-14-24-21/h1,5-6,10,12,14-15H,2-4,7-9,11,13H2. The fourth-order valence-corrected chi connectivity index (χ4v) is 5.22.